The van der Waals surface area contributed by atoms with E-state index in [0.717, 1.165) is 19.4 Å². The average Bonchev–Trinajstić information content (AvgIpc) is 2.43. The SMILES string of the molecule is CC(C)COCCOC1CCC(C)(C)C1N. The van der Waals surface area contributed by atoms with Gasteiger partial charge in [0.25, 0.3) is 0 Å². The molecule has 3 heteroatoms. The van der Waals surface area contributed by atoms with Crippen LogP contribution in [0.2, 0.25) is 0 Å². The number of hydrogen-bond acceptors (Lipinski definition) is 3. The Labute approximate surface area is 99.7 Å². The van der Waals surface area contributed by atoms with Gasteiger partial charge in [-0.05, 0) is 24.2 Å². The van der Waals surface area contributed by atoms with Crippen molar-refractivity contribution >= 4 is 0 Å². The number of hydrogen-bond donors (Lipinski definition) is 1. The van der Waals surface area contributed by atoms with Crippen molar-refractivity contribution in [1.82, 2.24) is 0 Å². The summed E-state index contributed by atoms with van der Waals surface area (Å²) in [4.78, 5) is 0. The summed E-state index contributed by atoms with van der Waals surface area (Å²) in [5.74, 6) is 0.590. The van der Waals surface area contributed by atoms with Gasteiger partial charge in [-0.2, -0.15) is 0 Å². The van der Waals surface area contributed by atoms with Crippen LogP contribution < -0.4 is 5.73 Å². The first-order valence-electron chi connectivity index (χ1n) is 6.38. The topological polar surface area (TPSA) is 44.5 Å². The smallest absolute Gasteiger partial charge is 0.0732 e. The predicted molar refractivity (Wildman–Crippen MR) is 66.4 cm³/mol. The molecular formula is C13H27NO2. The van der Waals surface area contributed by atoms with E-state index in [9.17, 15) is 0 Å². The third kappa shape index (κ3) is 4.04. The van der Waals surface area contributed by atoms with Gasteiger partial charge in [0.15, 0.2) is 0 Å². The first kappa shape index (κ1) is 13.9. The maximum Gasteiger partial charge on any atom is 0.0732 e. The fourth-order valence-electron chi connectivity index (χ4n) is 2.13. The van der Waals surface area contributed by atoms with Crippen LogP contribution in [0.1, 0.15) is 40.5 Å². The largest absolute Gasteiger partial charge is 0.379 e. The summed E-state index contributed by atoms with van der Waals surface area (Å²) in [5.41, 5.74) is 6.38. The van der Waals surface area contributed by atoms with E-state index in [1.54, 1.807) is 0 Å². The first-order chi connectivity index (χ1) is 7.43. The zero-order chi connectivity index (χ0) is 12.2. The van der Waals surface area contributed by atoms with Crippen LogP contribution in [-0.2, 0) is 9.47 Å². The molecule has 0 aliphatic heterocycles. The summed E-state index contributed by atoms with van der Waals surface area (Å²) in [6.07, 6.45) is 2.46. The molecule has 2 atom stereocenters. The Balaban J connectivity index is 2.10. The van der Waals surface area contributed by atoms with E-state index in [2.05, 4.69) is 27.7 Å². The molecule has 0 radical (unpaired) electrons. The second kappa shape index (κ2) is 5.99. The highest BCUT2D eigenvalue weighted by Crippen LogP contribution is 2.37. The molecule has 3 nitrogen and oxygen atoms in total. The molecule has 1 aliphatic carbocycles. The fourth-order valence-corrected chi connectivity index (χ4v) is 2.13. The molecule has 96 valence electrons. The minimum Gasteiger partial charge on any atom is -0.379 e. The Hall–Kier alpha value is -0.120. The molecular weight excluding hydrogens is 202 g/mol. The Morgan fingerprint density at radius 1 is 1.31 bits per heavy atom. The van der Waals surface area contributed by atoms with Gasteiger partial charge in [-0.25, -0.2) is 0 Å². The van der Waals surface area contributed by atoms with E-state index in [1.165, 1.54) is 0 Å². The van der Waals surface area contributed by atoms with Crippen LogP contribution in [0.3, 0.4) is 0 Å². The lowest BCUT2D eigenvalue weighted by molar-refractivity contribution is -0.00852. The molecule has 2 unspecified atom stereocenters. The van der Waals surface area contributed by atoms with Crippen molar-refractivity contribution in [2.24, 2.45) is 17.1 Å². The zero-order valence-electron chi connectivity index (χ0n) is 11.2. The number of ether oxygens (including phenoxy) is 2. The van der Waals surface area contributed by atoms with Crippen molar-refractivity contribution in [2.45, 2.75) is 52.7 Å². The summed E-state index contributed by atoms with van der Waals surface area (Å²) >= 11 is 0. The van der Waals surface area contributed by atoms with Gasteiger partial charge < -0.3 is 15.2 Å². The normalized spacial score (nSPS) is 28.9. The third-order valence-electron chi connectivity index (χ3n) is 3.39. The van der Waals surface area contributed by atoms with E-state index >= 15 is 0 Å². The molecule has 2 N–H and O–H groups in total. The highest BCUT2D eigenvalue weighted by molar-refractivity contribution is 4.94. The summed E-state index contributed by atoms with van der Waals surface area (Å²) in [5, 5.41) is 0. The average molecular weight is 229 g/mol. The Morgan fingerprint density at radius 2 is 2.00 bits per heavy atom. The maximum absolute atomic E-state index is 6.15. The molecule has 0 aromatic carbocycles. The molecule has 1 rings (SSSR count). The lowest BCUT2D eigenvalue weighted by atomic mass is 9.88. The molecule has 0 amide bonds. The Morgan fingerprint density at radius 3 is 2.50 bits per heavy atom. The summed E-state index contributed by atoms with van der Waals surface area (Å²) in [6, 6.07) is 0.164. The predicted octanol–water partition coefficient (Wildman–Crippen LogP) is 2.19. The van der Waals surface area contributed by atoms with Gasteiger partial charge >= 0.3 is 0 Å². The molecule has 0 spiro atoms. The van der Waals surface area contributed by atoms with Gasteiger partial charge in [0, 0.05) is 12.6 Å². The summed E-state index contributed by atoms with van der Waals surface area (Å²) in [7, 11) is 0. The van der Waals surface area contributed by atoms with E-state index in [1.807, 2.05) is 0 Å². The quantitative estimate of drug-likeness (QED) is 0.710. The summed E-state index contributed by atoms with van der Waals surface area (Å²) < 4.78 is 11.3. The third-order valence-corrected chi connectivity index (χ3v) is 3.39. The zero-order valence-corrected chi connectivity index (χ0v) is 11.2. The van der Waals surface area contributed by atoms with Gasteiger partial charge in [0.1, 0.15) is 0 Å². The van der Waals surface area contributed by atoms with Gasteiger partial charge in [-0.3, -0.25) is 0 Å². The van der Waals surface area contributed by atoms with E-state index in [0.29, 0.717) is 19.1 Å². The molecule has 1 fully saturated rings. The second-order valence-electron chi connectivity index (χ2n) is 5.93. The lowest BCUT2D eigenvalue weighted by Crippen LogP contribution is -2.41. The molecule has 0 aromatic rings. The minimum atomic E-state index is 0.164. The second-order valence-corrected chi connectivity index (χ2v) is 5.93. The first-order valence-corrected chi connectivity index (χ1v) is 6.38. The van der Waals surface area contributed by atoms with Crippen molar-refractivity contribution in [3.05, 3.63) is 0 Å². The Kier molecular flexibility index (Phi) is 5.22. The van der Waals surface area contributed by atoms with Gasteiger partial charge in [0.05, 0.1) is 19.3 Å². The van der Waals surface area contributed by atoms with E-state index in [-0.39, 0.29) is 17.6 Å². The summed E-state index contributed by atoms with van der Waals surface area (Å²) in [6.45, 7) is 10.9. The molecule has 0 heterocycles. The number of rotatable bonds is 6. The van der Waals surface area contributed by atoms with Crippen LogP contribution in [0.15, 0.2) is 0 Å². The van der Waals surface area contributed by atoms with Crippen LogP contribution in [0, 0.1) is 11.3 Å². The fraction of sp³-hybridized carbons (Fsp3) is 1.00. The van der Waals surface area contributed by atoms with Crippen molar-refractivity contribution in [3.63, 3.8) is 0 Å². The highest BCUT2D eigenvalue weighted by atomic mass is 16.5. The van der Waals surface area contributed by atoms with Crippen molar-refractivity contribution in [2.75, 3.05) is 19.8 Å². The Bertz CT molecular complexity index is 204. The number of nitrogens with two attached hydrogens (primary N) is 1. The standard InChI is InChI=1S/C13H27NO2/c1-10(2)9-15-7-8-16-11-5-6-13(3,4)12(11)14/h10-12H,5-9,14H2,1-4H3. The van der Waals surface area contributed by atoms with E-state index < -0.39 is 0 Å². The van der Waals surface area contributed by atoms with Crippen LogP contribution in [0.5, 0.6) is 0 Å². The lowest BCUT2D eigenvalue weighted by Gasteiger charge is -2.26. The van der Waals surface area contributed by atoms with Crippen LogP contribution >= 0.6 is 0 Å². The molecule has 0 bridgehead atoms. The minimum absolute atomic E-state index is 0.164. The molecule has 16 heavy (non-hydrogen) atoms. The van der Waals surface area contributed by atoms with Crippen molar-refractivity contribution in [1.29, 1.82) is 0 Å². The van der Waals surface area contributed by atoms with Crippen LogP contribution in [0.4, 0.5) is 0 Å². The van der Waals surface area contributed by atoms with Gasteiger partial charge in [-0.1, -0.05) is 27.7 Å². The molecule has 1 saturated carbocycles. The van der Waals surface area contributed by atoms with Crippen LogP contribution in [-0.4, -0.2) is 32.0 Å². The van der Waals surface area contributed by atoms with Crippen LogP contribution in [0.25, 0.3) is 0 Å². The molecule has 0 saturated heterocycles. The van der Waals surface area contributed by atoms with Crippen molar-refractivity contribution < 1.29 is 9.47 Å². The highest BCUT2D eigenvalue weighted by Gasteiger charge is 2.39. The molecule has 0 aromatic heterocycles. The maximum atomic E-state index is 6.15. The van der Waals surface area contributed by atoms with Gasteiger partial charge in [0.2, 0.25) is 0 Å². The van der Waals surface area contributed by atoms with Crippen molar-refractivity contribution in [3.8, 4) is 0 Å². The molecule has 1 aliphatic rings. The monoisotopic (exact) mass is 229 g/mol. The van der Waals surface area contributed by atoms with Gasteiger partial charge in [-0.15, -0.1) is 0 Å². The van der Waals surface area contributed by atoms with E-state index in [4.69, 9.17) is 15.2 Å².